The van der Waals surface area contributed by atoms with Crippen LogP contribution in [0.3, 0.4) is 0 Å². The zero-order valence-electron chi connectivity index (χ0n) is 14.0. The molecule has 128 valence electrons. The third kappa shape index (κ3) is 4.41. The van der Waals surface area contributed by atoms with Crippen LogP contribution < -0.4 is 5.32 Å². The fourth-order valence-electron chi connectivity index (χ4n) is 2.53. The van der Waals surface area contributed by atoms with Crippen LogP contribution in [-0.4, -0.2) is 36.3 Å². The summed E-state index contributed by atoms with van der Waals surface area (Å²) in [5.41, 5.74) is 2.82. The minimum atomic E-state index is -0.504. The molecule has 2 heterocycles. The molecule has 0 spiro atoms. The maximum absolute atomic E-state index is 12.2. The molecule has 24 heavy (non-hydrogen) atoms. The first-order valence-corrected chi connectivity index (χ1v) is 9.06. The first-order chi connectivity index (χ1) is 11.6. The molecule has 0 radical (unpaired) electrons. The largest absolute Gasteiger partial charge is 0.376 e. The monoisotopic (exact) mass is 346 g/mol. The summed E-state index contributed by atoms with van der Waals surface area (Å²) in [5, 5.41) is 5.89. The highest BCUT2D eigenvalue weighted by atomic mass is 32.1. The lowest BCUT2D eigenvalue weighted by atomic mass is 10.2. The normalized spacial score (nSPS) is 18.5. The molecule has 0 aliphatic carbocycles. The molecule has 2 aromatic rings. The van der Waals surface area contributed by atoms with Crippen molar-refractivity contribution in [2.24, 2.45) is 0 Å². The number of carbonyl (C=O) groups excluding carboxylic acids is 1. The van der Waals surface area contributed by atoms with Crippen molar-refractivity contribution in [1.82, 2.24) is 4.98 Å². The number of hydrogen-bond donors (Lipinski definition) is 1. The zero-order chi connectivity index (χ0) is 16.9. The first kappa shape index (κ1) is 17.1. The predicted molar refractivity (Wildman–Crippen MR) is 95.3 cm³/mol. The third-order valence-electron chi connectivity index (χ3n) is 3.94. The molecule has 1 aromatic heterocycles. The Bertz CT molecular complexity index is 678. The van der Waals surface area contributed by atoms with Crippen LogP contribution in [0.2, 0.25) is 0 Å². The van der Waals surface area contributed by atoms with E-state index in [-0.39, 0.29) is 12.0 Å². The van der Waals surface area contributed by atoms with Gasteiger partial charge < -0.3 is 14.8 Å². The number of nitrogens with one attached hydrogen (secondary N) is 1. The van der Waals surface area contributed by atoms with E-state index in [9.17, 15) is 4.79 Å². The Hall–Kier alpha value is -1.76. The second-order valence-corrected chi connectivity index (χ2v) is 6.83. The third-order valence-corrected chi connectivity index (χ3v) is 4.95. The number of nitrogens with zero attached hydrogens (tertiary/aromatic N) is 1. The molecule has 0 saturated carbocycles. The van der Waals surface area contributed by atoms with Crippen LogP contribution >= 0.6 is 11.3 Å². The summed E-state index contributed by atoms with van der Waals surface area (Å²) in [4.78, 5) is 16.6. The van der Waals surface area contributed by atoms with Crippen LogP contribution in [0.1, 0.15) is 25.5 Å². The van der Waals surface area contributed by atoms with Crippen molar-refractivity contribution >= 4 is 22.9 Å². The molecule has 2 unspecified atom stereocenters. The molecule has 1 saturated heterocycles. The Kier molecular flexibility index (Phi) is 5.60. The highest BCUT2D eigenvalue weighted by Gasteiger charge is 2.20. The van der Waals surface area contributed by atoms with Crippen LogP contribution in [0, 0.1) is 6.92 Å². The summed E-state index contributed by atoms with van der Waals surface area (Å²) in [7, 11) is 0. The van der Waals surface area contributed by atoms with Gasteiger partial charge in [0, 0.05) is 28.9 Å². The molecule has 0 bridgehead atoms. The lowest BCUT2D eigenvalue weighted by Gasteiger charge is -2.16. The standard InChI is InChI=1S/C18H22N2O3S/c1-12-11-24-18(19-12)14-5-7-15(8-6-14)20-17(21)13(2)23-10-16-4-3-9-22-16/h5-8,11,13,16H,3-4,9-10H2,1-2H3,(H,20,21). The summed E-state index contributed by atoms with van der Waals surface area (Å²) >= 11 is 1.62. The number of benzene rings is 1. The maximum atomic E-state index is 12.2. The lowest BCUT2D eigenvalue weighted by molar-refractivity contribution is -0.128. The van der Waals surface area contributed by atoms with Crippen LogP contribution in [0.25, 0.3) is 10.6 Å². The van der Waals surface area contributed by atoms with Crippen LogP contribution in [0.4, 0.5) is 5.69 Å². The van der Waals surface area contributed by atoms with E-state index in [2.05, 4.69) is 10.3 Å². The van der Waals surface area contributed by atoms with Gasteiger partial charge in [0.2, 0.25) is 0 Å². The average molecular weight is 346 g/mol. The van der Waals surface area contributed by atoms with E-state index in [1.807, 2.05) is 36.6 Å². The molecule has 1 aliphatic rings. The van der Waals surface area contributed by atoms with Crippen LogP contribution in [0.15, 0.2) is 29.6 Å². The molecule has 3 rings (SSSR count). The molecule has 5 nitrogen and oxygen atoms in total. The van der Waals surface area contributed by atoms with Gasteiger partial charge in [0.15, 0.2) is 0 Å². The molecule has 1 fully saturated rings. The second kappa shape index (κ2) is 7.88. The summed E-state index contributed by atoms with van der Waals surface area (Å²) < 4.78 is 11.1. The minimum absolute atomic E-state index is 0.126. The van der Waals surface area contributed by atoms with Crippen molar-refractivity contribution in [2.45, 2.75) is 38.9 Å². The van der Waals surface area contributed by atoms with E-state index < -0.39 is 6.10 Å². The quantitative estimate of drug-likeness (QED) is 0.867. The average Bonchev–Trinajstić information content (AvgIpc) is 3.25. The fraction of sp³-hybridized carbons (Fsp3) is 0.444. The van der Waals surface area contributed by atoms with Crippen LogP contribution in [-0.2, 0) is 14.3 Å². The maximum Gasteiger partial charge on any atom is 0.253 e. The summed E-state index contributed by atoms with van der Waals surface area (Å²) in [6.45, 7) is 5.00. The Balaban J connectivity index is 1.52. The molecule has 6 heteroatoms. The van der Waals surface area contributed by atoms with Gasteiger partial charge in [-0.05, 0) is 51.0 Å². The van der Waals surface area contributed by atoms with Crippen molar-refractivity contribution in [3.05, 3.63) is 35.3 Å². The van der Waals surface area contributed by atoms with E-state index in [1.54, 1.807) is 18.3 Å². The Labute approximate surface area is 146 Å². The van der Waals surface area contributed by atoms with Gasteiger partial charge in [0.25, 0.3) is 5.91 Å². The summed E-state index contributed by atoms with van der Waals surface area (Å²) in [5.74, 6) is -0.147. The van der Waals surface area contributed by atoms with Gasteiger partial charge >= 0.3 is 0 Å². The number of amides is 1. The Morgan fingerprint density at radius 2 is 2.25 bits per heavy atom. The second-order valence-electron chi connectivity index (χ2n) is 5.97. The van der Waals surface area contributed by atoms with Gasteiger partial charge in [0.05, 0.1) is 12.7 Å². The van der Waals surface area contributed by atoms with Crippen molar-refractivity contribution in [3.63, 3.8) is 0 Å². The zero-order valence-corrected chi connectivity index (χ0v) is 14.8. The van der Waals surface area contributed by atoms with Crippen molar-refractivity contribution in [2.75, 3.05) is 18.5 Å². The molecule has 1 aromatic carbocycles. The fourth-order valence-corrected chi connectivity index (χ4v) is 3.33. The number of aryl methyl sites for hydroxylation is 1. The van der Waals surface area contributed by atoms with Crippen molar-refractivity contribution < 1.29 is 14.3 Å². The number of ether oxygens (including phenoxy) is 2. The summed E-state index contributed by atoms with van der Waals surface area (Å²) in [6.07, 6.45) is 1.70. The van der Waals surface area contributed by atoms with Gasteiger partial charge in [-0.2, -0.15) is 0 Å². The van der Waals surface area contributed by atoms with E-state index in [1.165, 1.54) is 0 Å². The number of thiazole rings is 1. The molecule has 1 aliphatic heterocycles. The molecular formula is C18H22N2O3S. The predicted octanol–water partition coefficient (Wildman–Crippen LogP) is 3.64. The smallest absolute Gasteiger partial charge is 0.253 e. The molecular weight excluding hydrogens is 324 g/mol. The number of hydrogen-bond acceptors (Lipinski definition) is 5. The number of aromatic nitrogens is 1. The van der Waals surface area contributed by atoms with Crippen molar-refractivity contribution in [1.29, 1.82) is 0 Å². The van der Waals surface area contributed by atoms with Gasteiger partial charge in [-0.3, -0.25) is 4.79 Å². The van der Waals surface area contributed by atoms with Gasteiger partial charge in [-0.25, -0.2) is 4.98 Å². The van der Waals surface area contributed by atoms with Crippen molar-refractivity contribution in [3.8, 4) is 10.6 Å². The first-order valence-electron chi connectivity index (χ1n) is 8.18. The summed E-state index contributed by atoms with van der Waals surface area (Å²) in [6, 6.07) is 7.70. The topological polar surface area (TPSA) is 60.5 Å². The highest BCUT2D eigenvalue weighted by Crippen LogP contribution is 2.25. The molecule has 1 N–H and O–H groups in total. The van der Waals surface area contributed by atoms with E-state index in [0.29, 0.717) is 6.61 Å². The molecule has 2 atom stereocenters. The van der Waals surface area contributed by atoms with Gasteiger partial charge in [-0.1, -0.05) is 0 Å². The highest BCUT2D eigenvalue weighted by molar-refractivity contribution is 7.13. The Morgan fingerprint density at radius 1 is 1.46 bits per heavy atom. The van der Waals surface area contributed by atoms with Crippen LogP contribution in [0.5, 0.6) is 0 Å². The number of carbonyl (C=O) groups is 1. The molecule has 1 amide bonds. The van der Waals surface area contributed by atoms with E-state index >= 15 is 0 Å². The number of anilines is 1. The van der Waals surface area contributed by atoms with Gasteiger partial charge in [0.1, 0.15) is 11.1 Å². The lowest BCUT2D eigenvalue weighted by Crippen LogP contribution is -2.30. The number of rotatable bonds is 6. The minimum Gasteiger partial charge on any atom is -0.376 e. The van der Waals surface area contributed by atoms with Gasteiger partial charge in [-0.15, -0.1) is 11.3 Å². The Morgan fingerprint density at radius 3 is 2.88 bits per heavy atom. The van der Waals surface area contributed by atoms with E-state index in [0.717, 1.165) is 41.4 Å². The van der Waals surface area contributed by atoms with E-state index in [4.69, 9.17) is 9.47 Å². The SMILES string of the molecule is Cc1csc(-c2ccc(NC(=O)C(C)OCC3CCCO3)cc2)n1.